The van der Waals surface area contributed by atoms with E-state index in [1.807, 2.05) is 19.9 Å². The molecular formula is C22H25ClIN3O4. The summed E-state index contributed by atoms with van der Waals surface area (Å²) in [6, 6.07) is 9.35. The molecule has 166 valence electrons. The molecule has 2 N–H and O–H groups in total. The van der Waals surface area contributed by atoms with Gasteiger partial charge in [0.2, 0.25) is 0 Å². The van der Waals surface area contributed by atoms with E-state index in [1.165, 1.54) is 6.21 Å². The Labute approximate surface area is 200 Å². The summed E-state index contributed by atoms with van der Waals surface area (Å²) in [6.07, 6.45) is 1.98. The van der Waals surface area contributed by atoms with Crippen molar-refractivity contribution in [3.63, 3.8) is 0 Å². The highest BCUT2D eigenvalue weighted by atomic mass is 127. The molecule has 2 rings (SSSR count). The summed E-state index contributed by atoms with van der Waals surface area (Å²) in [4.78, 5) is 25.2. The third kappa shape index (κ3) is 7.39. The minimum atomic E-state index is -0.731. The molecule has 0 aliphatic heterocycles. The first-order valence-electron chi connectivity index (χ1n) is 9.56. The highest BCUT2D eigenvalue weighted by molar-refractivity contribution is 14.1. The van der Waals surface area contributed by atoms with Gasteiger partial charge in [0.15, 0.2) is 11.5 Å². The highest BCUT2D eigenvalue weighted by Gasteiger charge is 2.22. The zero-order chi connectivity index (χ0) is 23.0. The molecule has 2 aromatic rings. The Kier molecular flexibility index (Phi) is 9.57. The fourth-order valence-corrected chi connectivity index (χ4v) is 3.78. The zero-order valence-electron chi connectivity index (χ0n) is 17.7. The second-order valence-electron chi connectivity index (χ2n) is 7.13. The lowest BCUT2D eigenvalue weighted by atomic mass is 10.0. The van der Waals surface area contributed by atoms with Crippen LogP contribution in [0.1, 0.15) is 36.2 Å². The van der Waals surface area contributed by atoms with Crippen molar-refractivity contribution in [2.75, 3.05) is 14.2 Å². The Morgan fingerprint density at radius 2 is 1.84 bits per heavy atom. The number of hydrogen-bond acceptors (Lipinski definition) is 5. The van der Waals surface area contributed by atoms with Crippen LogP contribution in [0, 0.1) is 9.49 Å². The number of halogens is 2. The van der Waals surface area contributed by atoms with E-state index < -0.39 is 11.9 Å². The molecule has 1 unspecified atom stereocenters. The Balaban J connectivity index is 2.09. The molecule has 7 nitrogen and oxygen atoms in total. The van der Waals surface area contributed by atoms with Crippen LogP contribution < -0.4 is 20.2 Å². The smallest absolute Gasteiger partial charge is 0.262 e. The molecule has 31 heavy (non-hydrogen) atoms. The van der Waals surface area contributed by atoms with Crippen molar-refractivity contribution in [2.45, 2.75) is 26.3 Å². The quantitative estimate of drug-likeness (QED) is 0.274. The summed E-state index contributed by atoms with van der Waals surface area (Å²) in [7, 11) is 3.12. The normalized spacial score (nSPS) is 12.0. The number of nitrogens with zero attached hydrogens (tertiary/aromatic N) is 1. The number of hydrazone groups is 1. The summed E-state index contributed by atoms with van der Waals surface area (Å²) in [6.45, 7) is 3.95. The molecule has 0 spiro atoms. The molecule has 0 fully saturated rings. The van der Waals surface area contributed by atoms with Gasteiger partial charge >= 0.3 is 0 Å². The predicted molar refractivity (Wildman–Crippen MR) is 130 cm³/mol. The van der Waals surface area contributed by atoms with E-state index in [4.69, 9.17) is 21.1 Å². The van der Waals surface area contributed by atoms with Crippen LogP contribution in [0.15, 0.2) is 41.5 Å². The van der Waals surface area contributed by atoms with Gasteiger partial charge in [0.05, 0.1) is 24.0 Å². The summed E-state index contributed by atoms with van der Waals surface area (Å²) in [5.74, 6) is 0.636. The number of carbonyl (C=O) groups excluding carboxylic acids is 2. The van der Waals surface area contributed by atoms with E-state index in [9.17, 15) is 9.59 Å². The summed E-state index contributed by atoms with van der Waals surface area (Å²) in [5.41, 5.74) is 3.66. The number of ether oxygens (including phenoxy) is 2. The summed E-state index contributed by atoms with van der Waals surface area (Å²) < 4.78 is 11.5. The SMILES string of the molecule is COc1cc(/C=N/NC(=O)C(CC(C)C)NC(=O)c2ccc(Cl)cc2)cc(I)c1OC. The molecule has 0 aliphatic carbocycles. The number of benzene rings is 2. The lowest BCUT2D eigenvalue weighted by Crippen LogP contribution is -2.46. The number of methoxy groups -OCH3 is 2. The lowest BCUT2D eigenvalue weighted by molar-refractivity contribution is -0.123. The van der Waals surface area contributed by atoms with Gasteiger partial charge in [0.25, 0.3) is 11.8 Å². The number of rotatable bonds is 9. The van der Waals surface area contributed by atoms with E-state index in [2.05, 4.69) is 38.4 Å². The van der Waals surface area contributed by atoms with Crippen molar-refractivity contribution in [3.8, 4) is 11.5 Å². The van der Waals surface area contributed by atoms with Crippen LogP contribution >= 0.6 is 34.2 Å². The van der Waals surface area contributed by atoms with Gasteiger partial charge in [-0.1, -0.05) is 25.4 Å². The standard InChI is InChI=1S/C22H25ClIN3O4/c1-13(2)9-18(26-21(28)15-5-7-16(23)8-6-15)22(29)27-25-12-14-10-17(24)20(31-4)19(11-14)30-3/h5-8,10-13,18H,9H2,1-4H3,(H,26,28)(H,27,29)/b25-12+. The van der Waals surface area contributed by atoms with E-state index in [-0.39, 0.29) is 11.8 Å². The number of carbonyl (C=O) groups is 2. The second kappa shape index (κ2) is 11.9. The Morgan fingerprint density at radius 1 is 1.16 bits per heavy atom. The van der Waals surface area contributed by atoms with Crippen molar-refractivity contribution in [1.82, 2.24) is 10.7 Å². The first-order chi connectivity index (χ1) is 14.7. The molecule has 0 radical (unpaired) electrons. The Bertz CT molecular complexity index is 949. The van der Waals surface area contributed by atoms with Gasteiger partial charge in [0, 0.05) is 10.6 Å². The molecule has 0 bridgehead atoms. The van der Waals surface area contributed by atoms with Gasteiger partial charge in [-0.3, -0.25) is 9.59 Å². The Morgan fingerprint density at radius 3 is 2.42 bits per heavy atom. The van der Waals surface area contributed by atoms with Crippen molar-refractivity contribution in [2.24, 2.45) is 11.0 Å². The molecule has 1 atom stereocenters. The largest absolute Gasteiger partial charge is 0.493 e. The minimum absolute atomic E-state index is 0.192. The number of nitrogens with one attached hydrogen (secondary N) is 2. The summed E-state index contributed by atoms with van der Waals surface area (Å²) in [5, 5.41) is 7.34. The number of hydrogen-bond donors (Lipinski definition) is 2. The maximum absolute atomic E-state index is 12.7. The van der Waals surface area contributed by atoms with Gasteiger partial charge in [-0.15, -0.1) is 0 Å². The number of amides is 2. The molecule has 0 saturated carbocycles. The maximum Gasteiger partial charge on any atom is 0.262 e. The lowest BCUT2D eigenvalue weighted by Gasteiger charge is -2.19. The van der Waals surface area contributed by atoms with Gasteiger partial charge in [-0.25, -0.2) is 5.43 Å². The van der Waals surface area contributed by atoms with Crippen molar-refractivity contribution in [3.05, 3.63) is 56.1 Å². The average molecular weight is 558 g/mol. The Hall–Kier alpha value is -2.33. The minimum Gasteiger partial charge on any atom is -0.493 e. The first kappa shape index (κ1) is 24.9. The van der Waals surface area contributed by atoms with Gasteiger partial charge in [-0.2, -0.15) is 5.10 Å². The van der Waals surface area contributed by atoms with Crippen molar-refractivity contribution in [1.29, 1.82) is 0 Å². The fraction of sp³-hybridized carbons (Fsp3) is 0.318. The molecule has 0 aliphatic rings. The van der Waals surface area contributed by atoms with Crippen LogP contribution in [-0.4, -0.2) is 38.3 Å². The molecular weight excluding hydrogens is 533 g/mol. The molecule has 2 amide bonds. The first-order valence-corrected chi connectivity index (χ1v) is 11.0. The third-order valence-electron chi connectivity index (χ3n) is 4.28. The maximum atomic E-state index is 12.7. The van der Waals surface area contributed by atoms with E-state index in [1.54, 1.807) is 44.6 Å². The van der Waals surface area contributed by atoms with Crippen LogP contribution in [0.5, 0.6) is 11.5 Å². The summed E-state index contributed by atoms with van der Waals surface area (Å²) >= 11 is 8.00. The van der Waals surface area contributed by atoms with E-state index in [0.29, 0.717) is 28.5 Å². The zero-order valence-corrected chi connectivity index (χ0v) is 20.7. The second-order valence-corrected chi connectivity index (χ2v) is 8.73. The molecule has 9 heteroatoms. The van der Waals surface area contributed by atoms with Gasteiger partial charge < -0.3 is 14.8 Å². The monoisotopic (exact) mass is 557 g/mol. The molecule has 0 saturated heterocycles. The van der Waals surface area contributed by atoms with Crippen LogP contribution in [0.2, 0.25) is 5.02 Å². The van der Waals surface area contributed by atoms with Crippen LogP contribution in [0.3, 0.4) is 0 Å². The predicted octanol–water partition coefficient (Wildman–Crippen LogP) is 4.26. The highest BCUT2D eigenvalue weighted by Crippen LogP contribution is 2.33. The third-order valence-corrected chi connectivity index (χ3v) is 5.33. The molecule has 0 heterocycles. The van der Waals surface area contributed by atoms with Gasteiger partial charge in [0.1, 0.15) is 6.04 Å². The van der Waals surface area contributed by atoms with Crippen molar-refractivity contribution >= 4 is 52.2 Å². The van der Waals surface area contributed by atoms with Crippen LogP contribution in [-0.2, 0) is 4.79 Å². The van der Waals surface area contributed by atoms with Gasteiger partial charge in [-0.05, 0) is 76.9 Å². The topological polar surface area (TPSA) is 89.0 Å². The van der Waals surface area contributed by atoms with Crippen LogP contribution in [0.25, 0.3) is 0 Å². The molecule has 0 aromatic heterocycles. The fourth-order valence-electron chi connectivity index (χ4n) is 2.81. The van der Waals surface area contributed by atoms with Crippen molar-refractivity contribution < 1.29 is 19.1 Å². The van der Waals surface area contributed by atoms with E-state index in [0.717, 1.165) is 9.13 Å². The molecule has 2 aromatic carbocycles. The van der Waals surface area contributed by atoms with Crippen LogP contribution in [0.4, 0.5) is 0 Å². The van der Waals surface area contributed by atoms with E-state index >= 15 is 0 Å². The average Bonchev–Trinajstić information content (AvgIpc) is 2.72.